The van der Waals surface area contributed by atoms with Crippen molar-refractivity contribution in [1.82, 2.24) is 5.32 Å². The molecule has 2 aliphatic rings. The van der Waals surface area contributed by atoms with Crippen LogP contribution in [0.2, 0.25) is 5.02 Å². The maximum absolute atomic E-state index is 10.5. The Labute approximate surface area is 194 Å². The minimum Gasteiger partial charge on any atom is -0.495 e. The van der Waals surface area contributed by atoms with Gasteiger partial charge in [-0.3, -0.25) is 0 Å². The van der Waals surface area contributed by atoms with Crippen LogP contribution in [0.5, 0.6) is 0 Å². The highest BCUT2D eigenvalue weighted by Gasteiger charge is 2.24. The van der Waals surface area contributed by atoms with Gasteiger partial charge in [0.05, 0.1) is 6.61 Å². The molecule has 0 bridgehead atoms. The standard InChI is InChI=1S/C25H31ClN2O4/c1-31-15-16-32-22-10-11-23-20(17-22)7-6-19-8-9-21(26)18-24(19)28(23)14-3-2-12-27-13-4-5-25(29)30/h4-5,7-11,18,27H,2-3,6,12-17H2,1H3,(H,29,30). The van der Waals surface area contributed by atoms with Crippen LogP contribution in [0.1, 0.15) is 24.8 Å². The van der Waals surface area contributed by atoms with Crippen molar-refractivity contribution in [2.75, 3.05) is 44.9 Å². The molecule has 0 radical (unpaired) electrons. The Morgan fingerprint density at radius 3 is 2.97 bits per heavy atom. The second-order valence-electron chi connectivity index (χ2n) is 7.71. The molecule has 2 N–H and O–H groups in total. The van der Waals surface area contributed by atoms with Crippen molar-refractivity contribution >= 4 is 23.3 Å². The predicted octanol–water partition coefficient (Wildman–Crippen LogP) is 4.47. The summed E-state index contributed by atoms with van der Waals surface area (Å²) < 4.78 is 11.0. The number of fused-ring (bicyclic) bond motifs is 2. The third-order valence-electron chi connectivity index (χ3n) is 5.40. The number of ether oxygens (including phenoxy) is 2. The fourth-order valence-corrected chi connectivity index (χ4v) is 4.01. The fourth-order valence-electron chi connectivity index (χ4n) is 3.84. The normalized spacial score (nSPS) is 15.4. The monoisotopic (exact) mass is 458 g/mol. The Bertz CT molecular complexity index is 921. The first-order chi connectivity index (χ1) is 15.6. The molecule has 3 rings (SSSR count). The molecule has 7 heteroatoms. The third kappa shape index (κ3) is 6.99. The summed E-state index contributed by atoms with van der Waals surface area (Å²) in [6.45, 7) is 3.38. The molecule has 0 saturated carbocycles. The Kier molecular flexibility index (Phi) is 9.41. The van der Waals surface area contributed by atoms with Crippen LogP contribution in [0.4, 0.5) is 5.69 Å². The number of methoxy groups -OCH3 is 1. The molecule has 0 aromatic heterocycles. The molecule has 0 amide bonds. The van der Waals surface area contributed by atoms with Gasteiger partial charge in [0.1, 0.15) is 12.4 Å². The lowest BCUT2D eigenvalue weighted by atomic mass is 10.0. The highest BCUT2D eigenvalue weighted by molar-refractivity contribution is 6.30. The predicted molar refractivity (Wildman–Crippen MR) is 128 cm³/mol. The van der Waals surface area contributed by atoms with Crippen molar-refractivity contribution in [2.45, 2.75) is 25.7 Å². The van der Waals surface area contributed by atoms with Crippen LogP contribution in [0.15, 0.2) is 65.6 Å². The van der Waals surface area contributed by atoms with E-state index in [1.807, 2.05) is 6.07 Å². The van der Waals surface area contributed by atoms with Crippen LogP contribution in [0.3, 0.4) is 0 Å². The van der Waals surface area contributed by atoms with E-state index in [9.17, 15) is 4.79 Å². The van der Waals surface area contributed by atoms with Gasteiger partial charge in [0.25, 0.3) is 0 Å². The molecule has 1 aliphatic heterocycles. The summed E-state index contributed by atoms with van der Waals surface area (Å²) in [4.78, 5) is 12.9. The summed E-state index contributed by atoms with van der Waals surface area (Å²) in [6, 6.07) is 6.11. The lowest BCUT2D eigenvalue weighted by Crippen LogP contribution is -2.27. The zero-order chi connectivity index (χ0) is 22.8. The number of anilines is 1. The smallest absolute Gasteiger partial charge is 0.328 e. The molecular weight excluding hydrogens is 428 g/mol. The number of unbranched alkanes of at least 4 members (excludes halogenated alkanes) is 1. The summed E-state index contributed by atoms with van der Waals surface area (Å²) in [5, 5.41) is 12.6. The van der Waals surface area contributed by atoms with Gasteiger partial charge in [-0.2, -0.15) is 0 Å². The van der Waals surface area contributed by atoms with Gasteiger partial charge in [-0.1, -0.05) is 29.8 Å². The summed E-state index contributed by atoms with van der Waals surface area (Å²) in [6.07, 6.45) is 12.9. The molecule has 6 nitrogen and oxygen atoms in total. The number of halogens is 1. The molecule has 0 fully saturated rings. The molecule has 0 atom stereocenters. The van der Waals surface area contributed by atoms with E-state index in [0.29, 0.717) is 19.8 Å². The van der Waals surface area contributed by atoms with Gasteiger partial charge in [-0.15, -0.1) is 0 Å². The van der Waals surface area contributed by atoms with Crippen LogP contribution in [0, 0.1) is 0 Å². The molecule has 1 heterocycles. The summed E-state index contributed by atoms with van der Waals surface area (Å²) in [5.41, 5.74) is 4.88. The van der Waals surface area contributed by atoms with Crippen molar-refractivity contribution in [2.24, 2.45) is 0 Å². The molecular formula is C25H31ClN2O4. The summed E-state index contributed by atoms with van der Waals surface area (Å²) in [7, 11) is 1.67. The molecule has 32 heavy (non-hydrogen) atoms. The van der Waals surface area contributed by atoms with Crippen LogP contribution >= 0.6 is 11.6 Å². The van der Waals surface area contributed by atoms with Gasteiger partial charge in [0.2, 0.25) is 0 Å². The molecule has 0 spiro atoms. The minimum atomic E-state index is -0.920. The van der Waals surface area contributed by atoms with Crippen LogP contribution < -0.4 is 10.2 Å². The second kappa shape index (κ2) is 12.5. The van der Waals surface area contributed by atoms with Gasteiger partial charge >= 0.3 is 5.97 Å². The number of hydrogen-bond acceptors (Lipinski definition) is 5. The van der Waals surface area contributed by atoms with E-state index in [-0.39, 0.29) is 0 Å². The number of nitrogens with zero attached hydrogens (tertiary/aromatic N) is 1. The molecule has 0 saturated heterocycles. The highest BCUT2D eigenvalue weighted by atomic mass is 35.5. The Morgan fingerprint density at radius 1 is 1.28 bits per heavy atom. The van der Waals surface area contributed by atoms with Crippen LogP contribution in [-0.2, 0) is 20.7 Å². The number of rotatable bonds is 12. The zero-order valence-corrected chi connectivity index (χ0v) is 19.2. The van der Waals surface area contributed by atoms with Crippen molar-refractivity contribution < 1.29 is 19.4 Å². The number of allylic oxidation sites excluding steroid dienone is 5. The van der Waals surface area contributed by atoms with E-state index in [0.717, 1.165) is 61.3 Å². The largest absolute Gasteiger partial charge is 0.495 e. The molecule has 0 unspecified atom stereocenters. The van der Waals surface area contributed by atoms with E-state index < -0.39 is 5.97 Å². The summed E-state index contributed by atoms with van der Waals surface area (Å²) >= 11 is 6.35. The topological polar surface area (TPSA) is 71.0 Å². The molecule has 1 aromatic carbocycles. The lowest BCUT2D eigenvalue weighted by Gasteiger charge is -2.31. The van der Waals surface area contributed by atoms with Crippen molar-refractivity contribution in [1.29, 1.82) is 0 Å². The number of aliphatic carboxylic acids is 1. The highest BCUT2D eigenvalue weighted by Crippen LogP contribution is 2.38. The Morgan fingerprint density at radius 2 is 2.16 bits per heavy atom. The Balaban J connectivity index is 1.67. The van der Waals surface area contributed by atoms with Crippen molar-refractivity contribution in [3.8, 4) is 0 Å². The fraction of sp³-hybridized carbons (Fsp3) is 0.400. The average Bonchev–Trinajstić information content (AvgIpc) is 2.92. The quantitative estimate of drug-likeness (QED) is 0.355. The average molecular weight is 459 g/mol. The zero-order valence-electron chi connectivity index (χ0n) is 18.5. The minimum absolute atomic E-state index is 0.549. The molecule has 1 aromatic rings. The number of carboxylic acid groups (broad SMARTS) is 1. The van der Waals surface area contributed by atoms with Gasteiger partial charge < -0.3 is 24.8 Å². The lowest BCUT2D eigenvalue weighted by molar-refractivity contribution is -0.131. The SMILES string of the molecule is COCCOC1=CC=C2C(=CCc3ccc(Cl)cc3N2CCCCNCC=CC(=O)O)C1. The van der Waals surface area contributed by atoms with Crippen LogP contribution in [0.25, 0.3) is 0 Å². The Hall–Kier alpha value is -2.54. The van der Waals surface area contributed by atoms with E-state index in [4.69, 9.17) is 26.2 Å². The van der Waals surface area contributed by atoms with Gasteiger partial charge in [-0.25, -0.2) is 4.79 Å². The number of nitrogens with one attached hydrogen (secondary N) is 1. The number of carbonyl (C=O) groups is 1. The first kappa shape index (κ1) is 24.1. The first-order valence-electron chi connectivity index (χ1n) is 11.0. The number of hydrogen-bond donors (Lipinski definition) is 2. The second-order valence-corrected chi connectivity index (χ2v) is 8.15. The van der Waals surface area contributed by atoms with Crippen molar-refractivity contribution in [3.63, 3.8) is 0 Å². The van der Waals surface area contributed by atoms with Gasteiger partial charge in [0, 0.05) is 49.1 Å². The van der Waals surface area contributed by atoms with Gasteiger partial charge in [-0.05, 0) is 61.2 Å². The van der Waals surface area contributed by atoms with E-state index in [1.165, 1.54) is 16.8 Å². The van der Waals surface area contributed by atoms with Gasteiger partial charge in [0.15, 0.2) is 0 Å². The van der Waals surface area contributed by atoms with E-state index in [1.54, 1.807) is 13.2 Å². The maximum atomic E-state index is 10.5. The molecule has 172 valence electrons. The first-order valence-corrected chi connectivity index (χ1v) is 11.3. The van der Waals surface area contributed by atoms with E-state index >= 15 is 0 Å². The molecule has 1 aliphatic carbocycles. The summed E-state index contributed by atoms with van der Waals surface area (Å²) in [5.74, 6) is 0.0378. The number of carboxylic acids is 1. The van der Waals surface area contributed by atoms with E-state index in [2.05, 4.69) is 40.6 Å². The van der Waals surface area contributed by atoms with Crippen molar-refractivity contribution in [3.05, 3.63) is 76.2 Å². The maximum Gasteiger partial charge on any atom is 0.328 e. The van der Waals surface area contributed by atoms with Crippen LogP contribution in [-0.4, -0.2) is 51.0 Å². The number of benzene rings is 1. The third-order valence-corrected chi connectivity index (χ3v) is 5.64.